The maximum atomic E-state index is 12.4. The molecule has 6 heteroatoms. The Balaban J connectivity index is 1.38. The van der Waals surface area contributed by atoms with Crippen LogP contribution < -0.4 is 4.90 Å². The van der Waals surface area contributed by atoms with Crippen molar-refractivity contribution < 1.29 is 4.79 Å². The Morgan fingerprint density at radius 3 is 2.54 bits per heavy atom. The van der Waals surface area contributed by atoms with E-state index in [2.05, 4.69) is 19.9 Å². The van der Waals surface area contributed by atoms with E-state index in [1.807, 2.05) is 53.4 Å². The molecule has 0 atom stereocenters. The molecule has 4 rings (SSSR count). The molecule has 28 heavy (non-hydrogen) atoms. The summed E-state index contributed by atoms with van der Waals surface area (Å²) in [5.41, 5.74) is 2.90. The van der Waals surface area contributed by atoms with Crippen molar-refractivity contribution in [2.24, 2.45) is 0 Å². The van der Waals surface area contributed by atoms with E-state index in [1.54, 1.807) is 30.9 Å². The third-order valence-corrected chi connectivity index (χ3v) is 4.74. The van der Waals surface area contributed by atoms with E-state index in [0.29, 0.717) is 13.1 Å². The topological polar surface area (TPSA) is 62.2 Å². The minimum Gasteiger partial charge on any atom is -0.353 e. The number of anilines is 1. The summed E-state index contributed by atoms with van der Waals surface area (Å²) in [5, 5.41) is 0. The van der Waals surface area contributed by atoms with Crippen molar-refractivity contribution >= 4 is 17.8 Å². The first-order chi connectivity index (χ1) is 13.8. The molecule has 0 unspecified atom stereocenters. The Hall–Kier alpha value is -3.54. The van der Waals surface area contributed by atoms with Crippen molar-refractivity contribution in [2.75, 3.05) is 31.1 Å². The molecule has 2 aromatic heterocycles. The molecular weight excluding hydrogens is 350 g/mol. The third-order valence-electron chi connectivity index (χ3n) is 4.74. The van der Waals surface area contributed by atoms with Crippen molar-refractivity contribution in [1.29, 1.82) is 0 Å². The Bertz CT molecular complexity index is 951. The molecule has 1 fully saturated rings. The summed E-state index contributed by atoms with van der Waals surface area (Å²) in [4.78, 5) is 29.4. The van der Waals surface area contributed by atoms with Crippen LogP contribution >= 0.6 is 0 Å². The van der Waals surface area contributed by atoms with E-state index in [-0.39, 0.29) is 5.91 Å². The van der Waals surface area contributed by atoms with Gasteiger partial charge in [-0.05, 0) is 17.7 Å². The molecule has 140 valence electrons. The minimum atomic E-state index is 0.0242. The number of pyridine rings is 1. The molecule has 0 aliphatic carbocycles. The first-order valence-electron chi connectivity index (χ1n) is 9.29. The van der Waals surface area contributed by atoms with Gasteiger partial charge in [-0.2, -0.15) is 0 Å². The molecule has 3 aromatic rings. The molecule has 6 nitrogen and oxygen atoms in total. The second kappa shape index (κ2) is 8.43. The van der Waals surface area contributed by atoms with Gasteiger partial charge in [0.1, 0.15) is 12.1 Å². The largest absolute Gasteiger partial charge is 0.353 e. The zero-order chi connectivity index (χ0) is 19.2. The number of benzene rings is 1. The summed E-state index contributed by atoms with van der Waals surface area (Å²) in [7, 11) is 0. The molecule has 3 heterocycles. The normalized spacial score (nSPS) is 14.4. The highest BCUT2D eigenvalue weighted by Gasteiger charge is 2.21. The van der Waals surface area contributed by atoms with Gasteiger partial charge in [0.2, 0.25) is 5.91 Å². The van der Waals surface area contributed by atoms with Crippen molar-refractivity contribution in [1.82, 2.24) is 19.9 Å². The van der Waals surface area contributed by atoms with Gasteiger partial charge in [-0.3, -0.25) is 9.78 Å². The first kappa shape index (κ1) is 17.9. The second-order valence-electron chi connectivity index (χ2n) is 6.56. The van der Waals surface area contributed by atoms with Crippen LogP contribution in [0.2, 0.25) is 0 Å². The molecule has 1 amide bonds. The van der Waals surface area contributed by atoms with Gasteiger partial charge < -0.3 is 9.80 Å². The maximum absolute atomic E-state index is 12.4. The van der Waals surface area contributed by atoms with Crippen LogP contribution in [0.1, 0.15) is 5.56 Å². The van der Waals surface area contributed by atoms with Gasteiger partial charge in [-0.15, -0.1) is 0 Å². The van der Waals surface area contributed by atoms with Crippen LogP contribution in [0.5, 0.6) is 0 Å². The summed E-state index contributed by atoms with van der Waals surface area (Å²) in [6, 6.07) is 15.9. The molecule has 1 aliphatic heterocycles. The number of carbonyl (C=O) groups excluding carboxylic acids is 1. The summed E-state index contributed by atoms with van der Waals surface area (Å²) in [6.45, 7) is 2.83. The van der Waals surface area contributed by atoms with Crippen LogP contribution in [0.25, 0.3) is 17.3 Å². The molecule has 1 aliphatic rings. The lowest BCUT2D eigenvalue weighted by atomic mass is 10.1. The highest BCUT2D eigenvalue weighted by Crippen LogP contribution is 2.21. The van der Waals surface area contributed by atoms with Crippen LogP contribution in [0.4, 0.5) is 5.82 Å². The Morgan fingerprint density at radius 2 is 1.79 bits per heavy atom. The number of rotatable bonds is 4. The van der Waals surface area contributed by atoms with Crippen LogP contribution in [0.15, 0.2) is 73.3 Å². The van der Waals surface area contributed by atoms with E-state index in [4.69, 9.17) is 0 Å². The van der Waals surface area contributed by atoms with E-state index in [9.17, 15) is 4.79 Å². The molecule has 1 aromatic carbocycles. The van der Waals surface area contributed by atoms with Crippen LogP contribution in [-0.4, -0.2) is 51.9 Å². The lowest BCUT2D eigenvalue weighted by molar-refractivity contribution is -0.126. The predicted molar refractivity (Wildman–Crippen MR) is 110 cm³/mol. The average molecular weight is 371 g/mol. The van der Waals surface area contributed by atoms with Crippen LogP contribution in [-0.2, 0) is 4.79 Å². The van der Waals surface area contributed by atoms with Crippen LogP contribution in [0.3, 0.4) is 0 Å². The van der Waals surface area contributed by atoms with Crippen molar-refractivity contribution in [3.63, 3.8) is 0 Å². The maximum Gasteiger partial charge on any atom is 0.246 e. The number of amides is 1. The van der Waals surface area contributed by atoms with Gasteiger partial charge in [0.05, 0.1) is 5.69 Å². The Morgan fingerprint density at radius 1 is 0.964 bits per heavy atom. The van der Waals surface area contributed by atoms with Gasteiger partial charge in [-0.25, -0.2) is 9.97 Å². The summed E-state index contributed by atoms with van der Waals surface area (Å²) < 4.78 is 0. The predicted octanol–water partition coefficient (Wildman–Crippen LogP) is 2.90. The van der Waals surface area contributed by atoms with Crippen LogP contribution in [0, 0.1) is 0 Å². The summed E-state index contributed by atoms with van der Waals surface area (Å²) >= 11 is 0. The zero-order valence-corrected chi connectivity index (χ0v) is 15.5. The number of nitrogens with zero attached hydrogens (tertiary/aromatic N) is 5. The number of aromatic nitrogens is 3. The standard InChI is InChI=1S/C22H21N5O/c28-22(9-8-18-5-4-10-23-16-18)27-13-11-26(12-14-27)21-15-20(24-17-25-21)19-6-2-1-3-7-19/h1-10,15-17H,11-14H2/b9-8-. The molecule has 0 bridgehead atoms. The van der Waals surface area contributed by atoms with E-state index >= 15 is 0 Å². The molecule has 0 N–H and O–H groups in total. The fraction of sp³-hybridized carbons (Fsp3) is 0.182. The number of piperazine rings is 1. The monoisotopic (exact) mass is 371 g/mol. The van der Waals surface area contributed by atoms with E-state index in [0.717, 1.165) is 35.7 Å². The third kappa shape index (κ3) is 4.23. The van der Waals surface area contributed by atoms with Gasteiger partial charge in [0.25, 0.3) is 0 Å². The van der Waals surface area contributed by atoms with E-state index < -0.39 is 0 Å². The number of hydrogen-bond donors (Lipinski definition) is 0. The molecule has 0 saturated carbocycles. The quantitative estimate of drug-likeness (QED) is 0.660. The molecule has 0 radical (unpaired) electrons. The SMILES string of the molecule is O=C(/C=C\c1cccnc1)N1CCN(c2cc(-c3ccccc3)ncn2)CC1. The molecule has 1 saturated heterocycles. The van der Waals surface area contributed by atoms with Gasteiger partial charge in [0, 0.05) is 56.3 Å². The smallest absolute Gasteiger partial charge is 0.246 e. The van der Waals surface area contributed by atoms with Crippen molar-refractivity contribution in [3.05, 3.63) is 78.9 Å². The lowest BCUT2D eigenvalue weighted by Gasteiger charge is -2.35. The highest BCUT2D eigenvalue weighted by molar-refractivity contribution is 5.91. The van der Waals surface area contributed by atoms with Crippen molar-refractivity contribution in [2.45, 2.75) is 0 Å². The molecule has 0 spiro atoms. The zero-order valence-electron chi connectivity index (χ0n) is 15.5. The summed E-state index contributed by atoms with van der Waals surface area (Å²) in [6.07, 6.45) is 8.48. The lowest BCUT2D eigenvalue weighted by Crippen LogP contribution is -2.48. The number of hydrogen-bond acceptors (Lipinski definition) is 5. The Kier molecular flexibility index (Phi) is 5.38. The summed E-state index contributed by atoms with van der Waals surface area (Å²) in [5.74, 6) is 0.919. The second-order valence-corrected chi connectivity index (χ2v) is 6.56. The minimum absolute atomic E-state index is 0.0242. The van der Waals surface area contributed by atoms with Gasteiger partial charge in [0.15, 0.2) is 0 Å². The highest BCUT2D eigenvalue weighted by atomic mass is 16.2. The Labute approximate surface area is 164 Å². The van der Waals surface area contributed by atoms with Crippen molar-refractivity contribution in [3.8, 4) is 11.3 Å². The molecular formula is C22H21N5O. The first-order valence-corrected chi connectivity index (χ1v) is 9.29. The van der Waals surface area contributed by atoms with E-state index in [1.165, 1.54) is 0 Å². The number of carbonyl (C=O) groups is 1. The fourth-order valence-electron chi connectivity index (χ4n) is 3.19. The average Bonchev–Trinajstić information content (AvgIpc) is 2.79. The fourth-order valence-corrected chi connectivity index (χ4v) is 3.19. The van der Waals surface area contributed by atoms with Gasteiger partial charge >= 0.3 is 0 Å². The van der Waals surface area contributed by atoms with Gasteiger partial charge in [-0.1, -0.05) is 36.4 Å².